The van der Waals surface area contributed by atoms with E-state index in [0.717, 1.165) is 18.4 Å². The number of carboxylic acid groups (broad SMARTS) is 1. The van der Waals surface area contributed by atoms with Crippen molar-refractivity contribution < 1.29 is 14.7 Å². The van der Waals surface area contributed by atoms with Crippen LogP contribution in [0.25, 0.3) is 0 Å². The molecular weight excluding hydrogens is 278 g/mol. The van der Waals surface area contributed by atoms with Crippen LogP contribution >= 0.6 is 0 Å². The molecule has 0 aliphatic heterocycles. The molecule has 22 heavy (non-hydrogen) atoms. The van der Waals surface area contributed by atoms with Crippen LogP contribution in [0.2, 0.25) is 0 Å². The molecule has 0 aliphatic rings. The lowest BCUT2D eigenvalue weighted by Gasteiger charge is -2.12. The van der Waals surface area contributed by atoms with Gasteiger partial charge in [-0.05, 0) is 37.0 Å². The Hall–Kier alpha value is -2.62. The van der Waals surface area contributed by atoms with Crippen molar-refractivity contribution in [2.24, 2.45) is 0 Å². The maximum absolute atomic E-state index is 12.2. The van der Waals surface area contributed by atoms with Crippen molar-refractivity contribution in [2.45, 2.75) is 25.8 Å². The number of hydrogen-bond donors (Lipinski definition) is 2. The van der Waals surface area contributed by atoms with Gasteiger partial charge in [0.05, 0.1) is 0 Å². The molecule has 4 heteroatoms. The first kappa shape index (κ1) is 15.8. The summed E-state index contributed by atoms with van der Waals surface area (Å²) in [6.45, 7) is 1.45. The van der Waals surface area contributed by atoms with Crippen LogP contribution in [-0.4, -0.2) is 23.0 Å². The molecule has 1 amide bonds. The van der Waals surface area contributed by atoms with Crippen LogP contribution < -0.4 is 5.32 Å². The highest BCUT2D eigenvalue weighted by Crippen LogP contribution is 2.13. The largest absolute Gasteiger partial charge is 0.480 e. The highest BCUT2D eigenvalue weighted by Gasteiger charge is 2.17. The molecule has 4 nitrogen and oxygen atoms in total. The quantitative estimate of drug-likeness (QED) is 0.861. The summed E-state index contributed by atoms with van der Waals surface area (Å²) in [5, 5.41) is 11.4. The summed E-state index contributed by atoms with van der Waals surface area (Å²) >= 11 is 0. The molecule has 114 valence electrons. The van der Waals surface area contributed by atoms with Crippen molar-refractivity contribution in [3.8, 4) is 0 Å². The van der Waals surface area contributed by atoms with Crippen LogP contribution in [0.4, 0.5) is 0 Å². The van der Waals surface area contributed by atoms with E-state index < -0.39 is 12.0 Å². The lowest BCUT2D eigenvalue weighted by atomic mass is 9.99. The monoisotopic (exact) mass is 297 g/mol. The van der Waals surface area contributed by atoms with Crippen molar-refractivity contribution >= 4 is 11.9 Å². The summed E-state index contributed by atoms with van der Waals surface area (Å²) in [5.41, 5.74) is 2.66. The summed E-state index contributed by atoms with van der Waals surface area (Å²) in [6.07, 6.45) is 1.56. The lowest BCUT2D eigenvalue weighted by molar-refractivity contribution is -0.138. The number of hydrogen-bond acceptors (Lipinski definition) is 2. The molecule has 0 aromatic heterocycles. The van der Waals surface area contributed by atoms with E-state index in [2.05, 4.69) is 17.4 Å². The Morgan fingerprint density at radius 2 is 1.64 bits per heavy atom. The topological polar surface area (TPSA) is 66.4 Å². The molecule has 2 rings (SSSR count). The molecule has 0 heterocycles. The molecule has 0 bridgehead atoms. The molecule has 2 aromatic carbocycles. The van der Waals surface area contributed by atoms with Gasteiger partial charge in [-0.15, -0.1) is 0 Å². The molecule has 0 spiro atoms. The minimum atomic E-state index is -1.05. The maximum atomic E-state index is 12.2. The normalized spacial score (nSPS) is 11.7. The number of aryl methyl sites for hydroxylation is 2. The van der Waals surface area contributed by atoms with E-state index in [4.69, 9.17) is 5.11 Å². The first-order valence-corrected chi connectivity index (χ1v) is 7.23. The van der Waals surface area contributed by atoms with Crippen LogP contribution in [0, 0.1) is 0 Å². The van der Waals surface area contributed by atoms with Gasteiger partial charge in [0.15, 0.2) is 0 Å². The average Bonchev–Trinajstić information content (AvgIpc) is 2.54. The van der Waals surface area contributed by atoms with Gasteiger partial charge in [-0.3, -0.25) is 9.59 Å². The number of nitrogens with one attached hydrogen (secondary N) is 1. The third-order valence-electron chi connectivity index (χ3n) is 3.51. The van der Waals surface area contributed by atoms with Gasteiger partial charge in [-0.25, -0.2) is 0 Å². The highest BCUT2D eigenvalue weighted by molar-refractivity contribution is 5.97. The Labute approximate surface area is 129 Å². The SMILES string of the molecule is CC(NC(=O)c1ccccc1CCc1ccccc1)C(=O)O. The fourth-order valence-corrected chi connectivity index (χ4v) is 2.22. The number of carboxylic acids is 1. The molecule has 0 saturated heterocycles. The fourth-order valence-electron chi connectivity index (χ4n) is 2.22. The Kier molecular flexibility index (Phi) is 5.31. The van der Waals surface area contributed by atoms with Crippen molar-refractivity contribution in [2.75, 3.05) is 0 Å². The molecule has 0 saturated carbocycles. The van der Waals surface area contributed by atoms with E-state index in [9.17, 15) is 9.59 Å². The smallest absolute Gasteiger partial charge is 0.325 e. The third kappa shape index (κ3) is 4.19. The van der Waals surface area contributed by atoms with Gasteiger partial charge in [0.25, 0.3) is 5.91 Å². The van der Waals surface area contributed by atoms with Gasteiger partial charge in [-0.2, -0.15) is 0 Å². The summed E-state index contributed by atoms with van der Waals surface area (Å²) < 4.78 is 0. The minimum absolute atomic E-state index is 0.349. The molecule has 0 radical (unpaired) electrons. The van der Waals surface area contributed by atoms with E-state index in [0.29, 0.717) is 5.56 Å². The summed E-state index contributed by atoms with van der Waals surface area (Å²) in [7, 11) is 0. The Morgan fingerprint density at radius 3 is 2.32 bits per heavy atom. The van der Waals surface area contributed by atoms with Crippen molar-refractivity contribution in [3.63, 3.8) is 0 Å². The molecule has 1 atom stereocenters. The van der Waals surface area contributed by atoms with Gasteiger partial charge in [0.1, 0.15) is 6.04 Å². The molecule has 2 N–H and O–H groups in total. The Bertz CT molecular complexity index is 652. The molecule has 2 aromatic rings. The molecular formula is C18H19NO3. The zero-order valence-electron chi connectivity index (χ0n) is 12.5. The van der Waals surface area contributed by atoms with Crippen molar-refractivity contribution in [1.29, 1.82) is 0 Å². The van der Waals surface area contributed by atoms with Crippen LogP contribution in [0.5, 0.6) is 0 Å². The van der Waals surface area contributed by atoms with Crippen LogP contribution in [0.3, 0.4) is 0 Å². The van der Waals surface area contributed by atoms with Gasteiger partial charge >= 0.3 is 5.97 Å². The predicted molar refractivity (Wildman–Crippen MR) is 84.9 cm³/mol. The standard InChI is InChI=1S/C18H19NO3/c1-13(18(21)22)19-17(20)16-10-6-5-9-15(16)12-11-14-7-3-2-4-8-14/h2-10,13H,11-12H2,1H3,(H,19,20)(H,21,22). The summed E-state index contributed by atoms with van der Waals surface area (Å²) in [6, 6.07) is 16.4. The highest BCUT2D eigenvalue weighted by atomic mass is 16.4. The maximum Gasteiger partial charge on any atom is 0.325 e. The van der Waals surface area contributed by atoms with E-state index in [-0.39, 0.29) is 5.91 Å². The van der Waals surface area contributed by atoms with E-state index in [1.165, 1.54) is 12.5 Å². The number of aliphatic carboxylic acids is 1. The molecule has 0 aliphatic carbocycles. The third-order valence-corrected chi connectivity index (χ3v) is 3.51. The molecule has 0 fully saturated rings. The van der Waals surface area contributed by atoms with Crippen molar-refractivity contribution in [3.05, 3.63) is 71.3 Å². The number of carbonyl (C=O) groups is 2. The number of carbonyl (C=O) groups excluding carboxylic acids is 1. The Morgan fingerprint density at radius 1 is 1.00 bits per heavy atom. The van der Waals surface area contributed by atoms with Crippen LogP contribution in [0.1, 0.15) is 28.4 Å². The average molecular weight is 297 g/mol. The number of benzene rings is 2. The lowest BCUT2D eigenvalue weighted by Crippen LogP contribution is -2.38. The van der Waals surface area contributed by atoms with Crippen LogP contribution in [0.15, 0.2) is 54.6 Å². The zero-order chi connectivity index (χ0) is 15.9. The van der Waals surface area contributed by atoms with Gasteiger partial charge in [0, 0.05) is 5.56 Å². The second-order valence-corrected chi connectivity index (χ2v) is 5.18. The second-order valence-electron chi connectivity index (χ2n) is 5.18. The second kappa shape index (κ2) is 7.41. The fraction of sp³-hybridized carbons (Fsp3) is 0.222. The summed E-state index contributed by atoms with van der Waals surface area (Å²) in [5.74, 6) is -1.39. The minimum Gasteiger partial charge on any atom is -0.480 e. The van der Waals surface area contributed by atoms with E-state index >= 15 is 0 Å². The van der Waals surface area contributed by atoms with Gasteiger partial charge in [0.2, 0.25) is 0 Å². The molecule has 1 unspecified atom stereocenters. The first-order chi connectivity index (χ1) is 10.6. The van der Waals surface area contributed by atoms with Gasteiger partial charge in [-0.1, -0.05) is 48.5 Å². The number of rotatable bonds is 6. The number of amides is 1. The van der Waals surface area contributed by atoms with E-state index in [1.807, 2.05) is 30.3 Å². The first-order valence-electron chi connectivity index (χ1n) is 7.23. The van der Waals surface area contributed by atoms with E-state index in [1.54, 1.807) is 12.1 Å². The van der Waals surface area contributed by atoms with Crippen molar-refractivity contribution in [1.82, 2.24) is 5.32 Å². The van der Waals surface area contributed by atoms with Crippen LogP contribution in [-0.2, 0) is 17.6 Å². The van der Waals surface area contributed by atoms with Gasteiger partial charge < -0.3 is 10.4 Å². The zero-order valence-corrected chi connectivity index (χ0v) is 12.5. The Balaban J connectivity index is 2.09. The summed E-state index contributed by atoms with van der Waals surface area (Å²) in [4.78, 5) is 23.1. The predicted octanol–water partition coefficient (Wildman–Crippen LogP) is 2.67.